The third kappa shape index (κ3) is 5.70. The SMILES string of the molecule is O=C(Nc1c(I)cc(C(F)(C(F)(F)F)C(F)(F)F)cc1C(F)(F)F)c1cccc(N2OCc3cc(F)ncc3C2=O)c1F. The number of rotatable bonds is 4. The second kappa shape index (κ2) is 10.8. The zero-order valence-corrected chi connectivity index (χ0v) is 22.4. The average molecular weight is 743 g/mol. The zero-order chi connectivity index (χ0) is 32.3. The topological polar surface area (TPSA) is 71.5 Å². The third-order valence-corrected chi connectivity index (χ3v) is 6.83. The van der Waals surface area contributed by atoms with Crippen LogP contribution in [0.25, 0.3) is 0 Å². The second-order valence-electron chi connectivity index (χ2n) is 8.66. The van der Waals surface area contributed by atoms with Crippen molar-refractivity contribution in [3.63, 3.8) is 0 Å². The van der Waals surface area contributed by atoms with Gasteiger partial charge in [0.05, 0.1) is 22.4 Å². The van der Waals surface area contributed by atoms with E-state index in [9.17, 15) is 57.9 Å². The quantitative estimate of drug-likeness (QED) is 0.170. The van der Waals surface area contributed by atoms with E-state index >= 15 is 4.39 Å². The molecule has 0 radical (unpaired) electrons. The molecule has 19 heteroatoms. The van der Waals surface area contributed by atoms with Gasteiger partial charge in [-0.3, -0.25) is 14.4 Å². The van der Waals surface area contributed by atoms with E-state index in [4.69, 9.17) is 4.84 Å². The number of hydroxylamine groups is 1. The fourth-order valence-corrected chi connectivity index (χ4v) is 4.70. The van der Waals surface area contributed by atoms with Crippen molar-refractivity contribution < 1.29 is 67.1 Å². The monoisotopic (exact) mass is 743 g/mol. The molecular weight excluding hydrogens is 733 g/mol. The highest BCUT2D eigenvalue weighted by Crippen LogP contribution is 2.54. The Morgan fingerprint density at radius 3 is 2.16 bits per heavy atom. The molecule has 0 bridgehead atoms. The Morgan fingerprint density at radius 1 is 0.953 bits per heavy atom. The summed E-state index contributed by atoms with van der Waals surface area (Å²) in [6, 6.07) is 2.51. The molecule has 0 saturated heterocycles. The maximum absolute atomic E-state index is 15.4. The lowest BCUT2D eigenvalue weighted by atomic mass is 9.92. The van der Waals surface area contributed by atoms with Crippen LogP contribution in [0.3, 0.4) is 0 Å². The lowest BCUT2D eigenvalue weighted by Crippen LogP contribution is -2.50. The Morgan fingerprint density at radius 2 is 1.58 bits per heavy atom. The molecule has 0 unspecified atom stereocenters. The number of benzene rings is 2. The molecule has 1 aliphatic heterocycles. The number of aromatic nitrogens is 1. The number of anilines is 2. The Kier molecular flexibility index (Phi) is 8.13. The summed E-state index contributed by atoms with van der Waals surface area (Å²) < 4.78 is 163. The number of carbonyl (C=O) groups excluding carboxylic acids is 2. The second-order valence-corrected chi connectivity index (χ2v) is 9.82. The van der Waals surface area contributed by atoms with Crippen molar-refractivity contribution in [2.45, 2.75) is 30.8 Å². The van der Waals surface area contributed by atoms with Crippen molar-refractivity contribution in [1.82, 2.24) is 4.98 Å². The molecule has 0 saturated carbocycles. The molecule has 1 aliphatic rings. The van der Waals surface area contributed by atoms with E-state index < -0.39 is 92.1 Å². The predicted octanol–water partition coefficient (Wildman–Crippen LogP) is 7.62. The number of hydrogen-bond acceptors (Lipinski definition) is 4. The molecule has 0 aliphatic carbocycles. The van der Waals surface area contributed by atoms with Gasteiger partial charge >= 0.3 is 24.2 Å². The smallest absolute Gasteiger partial charge is 0.320 e. The van der Waals surface area contributed by atoms with Gasteiger partial charge in [0.2, 0.25) is 5.95 Å². The molecule has 6 nitrogen and oxygen atoms in total. The van der Waals surface area contributed by atoms with Crippen molar-refractivity contribution in [2.24, 2.45) is 0 Å². The van der Waals surface area contributed by atoms with Crippen LogP contribution in [0.2, 0.25) is 0 Å². The number of pyridine rings is 1. The van der Waals surface area contributed by atoms with Crippen molar-refractivity contribution in [3.05, 3.63) is 85.7 Å². The summed E-state index contributed by atoms with van der Waals surface area (Å²) in [5, 5.41) is 1.92. The lowest BCUT2D eigenvalue weighted by Gasteiger charge is -2.31. The molecular formula is C24H10F12IN3O3. The molecule has 0 spiro atoms. The van der Waals surface area contributed by atoms with E-state index in [2.05, 4.69) is 4.98 Å². The summed E-state index contributed by atoms with van der Waals surface area (Å²) in [5.41, 5.74) is -14.4. The van der Waals surface area contributed by atoms with E-state index in [0.29, 0.717) is 5.06 Å². The molecule has 3 aromatic rings. The van der Waals surface area contributed by atoms with Crippen LogP contribution in [-0.2, 0) is 23.3 Å². The molecule has 1 aromatic heterocycles. The summed E-state index contributed by atoms with van der Waals surface area (Å²) >= 11 is 0.841. The van der Waals surface area contributed by atoms with Gasteiger partial charge in [0.25, 0.3) is 11.8 Å². The predicted molar refractivity (Wildman–Crippen MR) is 129 cm³/mol. The van der Waals surface area contributed by atoms with Crippen LogP contribution in [-0.4, -0.2) is 29.2 Å². The summed E-state index contributed by atoms with van der Waals surface area (Å²) in [7, 11) is 0. The lowest BCUT2D eigenvalue weighted by molar-refractivity contribution is -0.348. The largest absolute Gasteiger partial charge is 0.435 e. The van der Waals surface area contributed by atoms with Crippen molar-refractivity contribution in [1.29, 1.82) is 0 Å². The molecule has 43 heavy (non-hydrogen) atoms. The molecule has 2 aromatic carbocycles. The van der Waals surface area contributed by atoms with Crippen molar-refractivity contribution in [3.8, 4) is 0 Å². The number of hydrogen-bond donors (Lipinski definition) is 1. The number of nitrogens with zero attached hydrogens (tertiary/aromatic N) is 2. The first kappa shape index (κ1) is 32.3. The van der Waals surface area contributed by atoms with Crippen LogP contribution in [0.15, 0.2) is 42.6 Å². The molecule has 4 rings (SSSR count). The van der Waals surface area contributed by atoms with E-state index in [1.54, 1.807) is 5.32 Å². The van der Waals surface area contributed by atoms with E-state index in [1.807, 2.05) is 0 Å². The Bertz CT molecular complexity index is 1610. The Balaban J connectivity index is 1.75. The van der Waals surface area contributed by atoms with Gasteiger partial charge in [-0.25, -0.2) is 13.8 Å². The normalized spacial score (nSPS) is 14.5. The first-order valence-corrected chi connectivity index (χ1v) is 12.2. The summed E-state index contributed by atoms with van der Waals surface area (Å²) in [4.78, 5) is 34.1. The number of halogens is 13. The highest BCUT2D eigenvalue weighted by Gasteiger charge is 2.73. The minimum absolute atomic E-state index is 0.0362. The van der Waals surface area contributed by atoms with E-state index in [-0.39, 0.29) is 17.2 Å². The molecule has 2 heterocycles. The number of fused-ring (bicyclic) bond motifs is 1. The van der Waals surface area contributed by atoms with Gasteiger partial charge in [0.1, 0.15) is 12.3 Å². The number of nitrogens with one attached hydrogen (secondary N) is 1. The van der Waals surface area contributed by atoms with Gasteiger partial charge < -0.3 is 5.32 Å². The minimum atomic E-state index is -6.73. The van der Waals surface area contributed by atoms with Gasteiger partial charge in [-0.2, -0.15) is 49.0 Å². The highest BCUT2D eigenvalue weighted by molar-refractivity contribution is 14.1. The van der Waals surface area contributed by atoms with Gasteiger partial charge in [-0.05, 0) is 58.5 Å². The minimum Gasteiger partial charge on any atom is -0.320 e. The molecule has 2 amide bonds. The Hall–Kier alpha value is -3.62. The number of amides is 2. The highest BCUT2D eigenvalue weighted by atomic mass is 127. The number of carbonyl (C=O) groups is 2. The molecule has 1 N–H and O–H groups in total. The van der Waals surface area contributed by atoms with Gasteiger partial charge in [-0.1, -0.05) is 6.07 Å². The molecule has 0 fully saturated rings. The van der Waals surface area contributed by atoms with Crippen LogP contribution < -0.4 is 10.4 Å². The number of alkyl halides is 10. The summed E-state index contributed by atoms with van der Waals surface area (Å²) in [6.45, 7) is -0.470. The average Bonchev–Trinajstić information content (AvgIpc) is 2.87. The fraction of sp³-hybridized carbons (Fsp3) is 0.208. The first-order chi connectivity index (χ1) is 19.7. The van der Waals surface area contributed by atoms with E-state index in [1.165, 1.54) is 0 Å². The van der Waals surface area contributed by atoms with Crippen LogP contribution in [0.4, 0.5) is 64.1 Å². The zero-order valence-electron chi connectivity index (χ0n) is 20.3. The summed E-state index contributed by atoms with van der Waals surface area (Å²) in [6.07, 6.45) is -18.4. The van der Waals surface area contributed by atoms with Gasteiger partial charge in [-0.15, -0.1) is 0 Å². The van der Waals surface area contributed by atoms with E-state index in [0.717, 1.165) is 53.1 Å². The van der Waals surface area contributed by atoms with Crippen LogP contribution in [0.5, 0.6) is 0 Å². The maximum Gasteiger partial charge on any atom is 0.435 e. The standard InChI is InChI=1S/C24H10F12IN3O3/c25-16-4-9-8-43-40(20(42)12(9)7-38-16)15-3-1-2-11(17(15)26)19(41)39-18-13(22(28,29)30)5-10(6-14(18)37)21(27,23(31,32)33)24(34,35)36/h1-7H,8H2,(H,39,41). The molecule has 230 valence electrons. The van der Waals surface area contributed by atoms with Crippen LogP contribution >= 0.6 is 22.6 Å². The first-order valence-electron chi connectivity index (χ1n) is 11.1. The van der Waals surface area contributed by atoms with Gasteiger partial charge in [0, 0.05) is 15.3 Å². The Labute approximate surface area is 244 Å². The summed E-state index contributed by atoms with van der Waals surface area (Å²) in [5.74, 6) is -5.27. The van der Waals surface area contributed by atoms with Crippen molar-refractivity contribution >= 4 is 45.8 Å². The fourth-order valence-electron chi connectivity index (χ4n) is 3.94. The van der Waals surface area contributed by atoms with Gasteiger partial charge in [0.15, 0.2) is 5.82 Å². The maximum atomic E-state index is 15.4. The third-order valence-electron chi connectivity index (χ3n) is 5.98. The molecule has 0 atom stereocenters. The van der Waals surface area contributed by atoms with Crippen LogP contribution in [0.1, 0.15) is 37.4 Å². The van der Waals surface area contributed by atoms with Crippen LogP contribution in [0, 0.1) is 15.3 Å². The van der Waals surface area contributed by atoms with Crippen molar-refractivity contribution in [2.75, 3.05) is 10.4 Å².